The fourth-order valence-electron chi connectivity index (χ4n) is 2.11. The van der Waals surface area contributed by atoms with Crippen molar-refractivity contribution in [1.82, 2.24) is 10.9 Å². The third kappa shape index (κ3) is 6.15. The average molecular weight is 456 g/mol. The molecule has 8 heteroatoms. The lowest BCUT2D eigenvalue weighted by Crippen LogP contribution is -2.48. The molecule has 2 N–H and O–H groups in total. The van der Waals surface area contributed by atoms with Crippen molar-refractivity contribution in [2.24, 2.45) is 0 Å². The second kappa shape index (κ2) is 9.62. The molecule has 0 aliphatic carbocycles. The van der Waals surface area contributed by atoms with Crippen LogP contribution in [0.3, 0.4) is 0 Å². The topological polar surface area (TPSA) is 76.7 Å². The van der Waals surface area contributed by atoms with E-state index < -0.39 is 17.9 Å². The summed E-state index contributed by atoms with van der Waals surface area (Å²) in [7, 11) is 0. The molecule has 27 heavy (non-hydrogen) atoms. The van der Waals surface area contributed by atoms with Gasteiger partial charge in [-0.2, -0.15) is 0 Å². The van der Waals surface area contributed by atoms with Gasteiger partial charge in [-0.1, -0.05) is 23.7 Å². The number of halogens is 2. The lowest BCUT2D eigenvalue weighted by atomic mass is 10.1. The molecule has 1 unspecified atom stereocenters. The van der Waals surface area contributed by atoms with Gasteiger partial charge >= 0.3 is 0 Å². The molecule has 0 heterocycles. The summed E-state index contributed by atoms with van der Waals surface area (Å²) in [6, 6.07) is 10.6. The second-order valence-corrected chi connectivity index (χ2v) is 7.15. The van der Waals surface area contributed by atoms with E-state index in [1.54, 1.807) is 31.2 Å². The highest BCUT2D eigenvalue weighted by molar-refractivity contribution is 9.10. The van der Waals surface area contributed by atoms with E-state index in [2.05, 4.69) is 26.8 Å². The van der Waals surface area contributed by atoms with Crippen LogP contribution in [-0.2, 0) is 9.59 Å². The Bertz CT molecular complexity index is 844. The maximum atomic E-state index is 12.1. The van der Waals surface area contributed by atoms with Crippen LogP contribution in [0.15, 0.2) is 40.9 Å². The van der Waals surface area contributed by atoms with E-state index in [0.717, 1.165) is 11.1 Å². The summed E-state index contributed by atoms with van der Waals surface area (Å²) in [4.78, 5) is 23.9. The molecule has 2 rings (SSSR count). The number of hydrogen-bond acceptors (Lipinski definition) is 4. The molecule has 0 aliphatic rings. The maximum Gasteiger partial charge on any atom is 0.279 e. The van der Waals surface area contributed by atoms with Gasteiger partial charge in [0.1, 0.15) is 11.5 Å². The zero-order valence-electron chi connectivity index (χ0n) is 15.1. The Labute approximate surface area is 171 Å². The number of hydrogen-bond donors (Lipinski definition) is 2. The number of amides is 2. The minimum Gasteiger partial charge on any atom is -0.483 e. The van der Waals surface area contributed by atoms with Crippen molar-refractivity contribution in [3.05, 3.63) is 57.0 Å². The smallest absolute Gasteiger partial charge is 0.279 e. The van der Waals surface area contributed by atoms with Crippen molar-refractivity contribution < 1.29 is 19.1 Å². The Morgan fingerprint density at radius 3 is 2.59 bits per heavy atom. The quantitative estimate of drug-likeness (QED) is 0.651. The third-order valence-corrected chi connectivity index (χ3v) is 4.66. The molecular formula is C19H20BrClN2O4. The summed E-state index contributed by atoms with van der Waals surface area (Å²) in [6.07, 6.45) is -0.831. The molecule has 0 fully saturated rings. The van der Waals surface area contributed by atoms with Crippen LogP contribution in [0.4, 0.5) is 0 Å². The minimum absolute atomic E-state index is 0.220. The van der Waals surface area contributed by atoms with Crippen LogP contribution in [0.1, 0.15) is 18.1 Å². The van der Waals surface area contributed by atoms with Crippen molar-refractivity contribution in [2.45, 2.75) is 26.9 Å². The largest absolute Gasteiger partial charge is 0.483 e. The molecule has 144 valence electrons. The first-order valence-electron chi connectivity index (χ1n) is 8.17. The van der Waals surface area contributed by atoms with Crippen molar-refractivity contribution in [3.63, 3.8) is 0 Å². The van der Waals surface area contributed by atoms with Crippen LogP contribution in [0.5, 0.6) is 11.5 Å². The van der Waals surface area contributed by atoms with Crippen LogP contribution >= 0.6 is 27.5 Å². The highest BCUT2D eigenvalue weighted by Crippen LogP contribution is 2.28. The number of hydrazine groups is 1. The Balaban J connectivity index is 1.80. The zero-order chi connectivity index (χ0) is 20.0. The molecule has 6 nitrogen and oxygen atoms in total. The summed E-state index contributed by atoms with van der Waals surface area (Å²) < 4.78 is 11.7. The number of nitrogens with one attached hydrogen (secondary N) is 2. The fourth-order valence-corrected chi connectivity index (χ4v) is 2.88. The molecule has 0 saturated carbocycles. The highest BCUT2D eigenvalue weighted by atomic mass is 79.9. The molecule has 2 amide bonds. The number of carbonyl (C=O) groups is 2. The monoisotopic (exact) mass is 454 g/mol. The third-order valence-electron chi connectivity index (χ3n) is 3.81. The maximum absolute atomic E-state index is 12.1. The van der Waals surface area contributed by atoms with Crippen LogP contribution in [0.2, 0.25) is 5.02 Å². The van der Waals surface area contributed by atoms with Crippen LogP contribution in [-0.4, -0.2) is 24.5 Å². The fraction of sp³-hybridized carbons (Fsp3) is 0.263. The molecule has 0 aliphatic heterocycles. The standard InChI is InChI=1S/C19H20BrClN2O4/c1-11-5-4-6-16(12(11)2)26-10-18(24)22-23-19(25)13(3)27-17-8-7-14(21)9-15(17)20/h4-9,13H,10H2,1-3H3,(H,22,24)(H,23,25). The predicted octanol–water partition coefficient (Wildman–Crippen LogP) is 3.71. The molecule has 0 spiro atoms. The van der Waals surface area contributed by atoms with Crippen LogP contribution < -0.4 is 20.3 Å². The summed E-state index contributed by atoms with van der Waals surface area (Å²) in [5.41, 5.74) is 6.64. The summed E-state index contributed by atoms with van der Waals surface area (Å²) in [5, 5.41) is 0.544. The van der Waals surface area contributed by atoms with Gasteiger partial charge in [0.15, 0.2) is 12.7 Å². The van der Waals surface area contributed by atoms with E-state index in [4.69, 9.17) is 21.1 Å². The lowest BCUT2D eigenvalue weighted by Gasteiger charge is -2.16. The Morgan fingerprint density at radius 2 is 1.89 bits per heavy atom. The average Bonchev–Trinajstić information content (AvgIpc) is 2.63. The molecule has 0 bridgehead atoms. The molecular weight excluding hydrogens is 436 g/mol. The Morgan fingerprint density at radius 1 is 1.15 bits per heavy atom. The predicted molar refractivity (Wildman–Crippen MR) is 107 cm³/mol. The minimum atomic E-state index is -0.831. The summed E-state index contributed by atoms with van der Waals surface area (Å²) in [6.45, 7) is 5.22. The van der Waals surface area contributed by atoms with E-state index >= 15 is 0 Å². The van der Waals surface area contributed by atoms with E-state index in [0.29, 0.717) is 21.0 Å². The SMILES string of the molecule is Cc1cccc(OCC(=O)NNC(=O)C(C)Oc2ccc(Cl)cc2Br)c1C. The van der Waals surface area contributed by atoms with Crippen molar-refractivity contribution >= 4 is 39.3 Å². The van der Waals surface area contributed by atoms with Gasteiger partial charge in [-0.25, -0.2) is 0 Å². The molecule has 2 aromatic carbocycles. The van der Waals surface area contributed by atoms with Gasteiger partial charge in [0, 0.05) is 5.02 Å². The van der Waals surface area contributed by atoms with E-state index in [-0.39, 0.29) is 6.61 Å². The van der Waals surface area contributed by atoms with E-state index in [1.165, 1.54) is 0 Å². The number of rotatable bonds is 6. The summed E-state index contributed by atoms with van der Waals surface area (Å²) >= 11 is 9.18. The van der Waals surface area contributed by atoms with Gasteiger partial charge in [0.25, 0.3) is 11.8 Å². The summed E-state index contributed by atoms with van der Waals surface area (Å²) in [5.74, 6) is 0.105. The number of aryl methyl sites for hydroxylation is 1. The molecule has 1 atom stereocenters. The molecule has 2 aromatic rings. The van der Waals surface area contributed by atoms with E-state index in [9.17, 15) is 9.59 Å². The Hall–Kier alpha value is -2.25. The molecule has 0 aromatic heterocycles. The lowest BCUT2D eigenvalue weighted by molar-refractivity contribution is -0.133. The first kappa shape index (κ1) is 21.1. The van der Waals surface area contributed by atoms with Crippen molar-refractivity contribution in [1.29, 1.82) is 0 Å². The molecule has 0 saturated heterocycles. The van der Waals surface area contributed by atoms with E-state index in [1.807, 2.05) is 26.0 Å². The van der Waals surface area contributed by atoms with Crippen molar-refractivity contribution in [2.75, 3.05) is 6.61 Å². The molecule has 0 radical (unpaired) electrons. The first-order valence-corrected chi connectivity index (χ1v) is 9.34. The number of ether oxygens (including phenoxy) is 2. The van der Waals surface area contributed by atoms with Gasteiger partial charge in [-0.05, 0) is 72.1 Å². The number of benzene rings is 2. The van der Waals surface area contributed by atoms with Gasteiger partial charge in [-0.15, -0.1) is 0 Å². The number of carbonyl (C=O) groups excluding carboxylic acids is 2. The first-order chi connectivity index (χ1) is 12.8. The van der Waals surface area contributed by atoms with Gasteiger partial charge in [0.2, 0.25) is 0 Å². The zero-order valence-corrected chi connectivity index (χ0v) is 17.5. The van der Waals surface area contributed by atoms with Gasteiger partial charge in [0.05, 0.1) is 4.47 Å². The second-order valence-electron chi connectivity index (χ2n) is 5.86. The van der Waals surface area contributed by atoms with Crippen molar-refractivity contribution in [3.8, 4) is 11.5 Å². The van der Waals surface area contributed by atoms with Crippen LogP contribution in [0, 0.1) is 13.8 Å². The normalized spacial score (nSPS) is 11.4. The Kier molecular flexibility index (Phi) is 7.50. The highest BCUT2D eigenvalue weighted by Gasteiger charge is 2.17. The van der Waals surface area contributed by atoms with Gasteiger partial charge in [-0.3, -0.25) is 20.4 Å². The van der Waals surface area contributed by atoms with Crippen LogP contribution in [0.25, 0.3) is 0 Å². The van der Waals surface area contributed by atoms with Gasteiger partial charge < -0.3 is 9.47 Å².